The molecule has 1 saturated heterocycles. The third kappa shape index (κ3) is 3.90. The van der Waals surface area contributed by atoms with E-state index >= 15 is 0 Å². The molecule has 0 aliphatic carbocycles. The SMILES string of the molecule is CCCS(=O)(=O)N1CCN(C(=O)C(C)(C)NC)CC1. The van der Waals surface area contributed by atoms with Crippen molar-refractivity contribution >= 4 is 15.9 Å². The Bertz CT molecular complexity index is 412. The van der Waals surface area contributed by atoms with Crippen LogP contribution in [-0.2, 0) is 14.8 Å². The Labute approximate surface area is 116 Å². The standard InChI is InChI=1S/C12H25N3O3S/c1-5-10-19(17,18)15-8-6-14(7-9-15)11(16)12(2,3)13-4/h13H,5-10H2,1-4H3. The largest absolute Gasteiger partial charge is 0.338 e. The van der Waals surface area contributed by atoms with E-state index in [1.54, 1.807) is 11.9 Å². The van der Waals surface area contributed by atoms with Crippen molar-refractivity contribution in [3.05, 3.63) is 0 Å². The third-order valence-electron chi connectivity index (χ3n) is 3.54. The summed E-state index contributed by atoms with van der Waals surface area (Å²) in [5, 5.41) is 2.98. The zero-order valence-corrected chi connectivity index (χ0v) is 13.1. The van der Waals surface area contributed by atoms with Crippen LogP contribution >= 0.6 is 0 Å². The van der Waals surface area contributed by atoms with Crippen LogP contribution in [0.4, 0.5) is 0 Å². The number of piperazine rings is 1. The number of amides is 1. The van der Waals surface area contributed by atoms with Gasteiger partial charge >= 0.3 is 0 Å². The van der Waals surface area contributed by atoms with Crippen molar-refractivity contribution in [3.63, 3.8) is 0 Å². The Morgan fingerprint density at radius 2 is 1.74 bits per heavy atom. The van der Waals surface area contributed by atoms with Crippen molar-refractivity contribution in [2.75, 3.05) is 39.0 Å². The summed E-state index contributed by atoms with van der Waals surface area (Å²) in [5.74, 6) is 0.200. The maximum Gasteiger partial charge on any atom is 0.242 e. The van der Waals surface area contributed by atoms with Crippen LogP contribution < -0.4 is 5.32 Å². The summed E-state index contributed by atoms with van der Waals surface area (Å²) >= 11 is 0. The highest BCUT2D eigenvalue weighted by molar-refractivity contribution is 7.89. The molecule has 1 aliphatic heterocycles. The van der Waals surface area contributed by atoms with Crippen molar-refractivity contribution in [1.29, 1.82) is 0 Å². The summed E-state index contributed by atoms with van der Waals surface area (Å²) in [6.45, 7) is 7.24. The van der Waals surface area contributed by atoms with Gasteiger partial charge < -0.3 is 10.2 Å². The molecule has 112 valence electrons. The van der Waals surface area contributed by atoms with Crippen LogP contribution in [0.5, 0.6) is 0 Å². The summed E-state index contributed by atoms with van der Waals surface area (Å²) in [6.07, 6.45) is 0.619. The lowest BCUT2D eigenvalue weighted by molar-refractivity contribution is -0.138. The second kappa shape index (κ2) is 6.19. The Morgan fingerprint density at radius 1 is 1.21 bits per heavy atom. The van der Waals surface area contributed by atoms with Crippen LogP contribution in [0.1, 0.15) is 27.2 Å². The topological polar surface area (TPSA) is 69.7 Å². The summed E-state index contributed by atoms with van der Waals surface area (Å²) in [7, 11) is -1.39. The molecule has 0 saturated carbocycles. The van der Waals surface area contributed by atoms with E-state index in [9.17, 15) is 13.2 Å². The van der Waals surface area contributed by atoms with E-state index in [-0.39, 0.29) is 11.7 Å². The van der Waals surface area contributed by atoms with Gasteiger partial charge in [0.05, 0.1) is 11.3 Å². The molecule has 0 aromatic carbocycles. The summed E-state index contributed by atoms with van der Waals surface area (Å²) in [4.78, 5) is 14.0. The summed E-state index contributed by atoms with van der Waals surface area (Å²) in [5.41, 5.74) is -0.607. The second-order valence-corrected chi connectivity index (χ2v) is 7.47. The lowest BCUT2D eigenvalue weighted by Gasteiger charge is -2.37. The van der Waals surface area contributed by atoms with Crippen LogP contribution in [-0.4, -0.2) is 68.0 Å². The number of rotatable bonds is 5. The molecule has 19 heavy (non-hydrogen) atoms. The van der Waals surface area contributed by atoms with E-state index in [1.165, 1.54) is 4.31 Å². The molecule has 0 aromatic rings. The van der Waals surface area contributed by atoms with Gasteiger partial charge in [0.25, 0.3) is 0 Å². The van der Waals surface area contributed by atoms with Crippen LogP contribution in [0.3, 0.4) is 0 Å². The number of nitrogens with zero attached hydrogens (tertiary/aromatic N) is 2. The van der Waals surface area contributed by atoms with Gasteiger partial charge in [0.15, 0.2) is 0 Å². The van der Waals surface area contributed by atoms with Gasteiger partial charge in [-0.15, -0.1) is 0 Å². The highest BCUT2D eigenvalue weighted by atomic mass is 32.2. The van der Waals surface area contributed by atoms with E-state index in [4.69, 9.17) is 0 Å². The quantitative estimate of drug-likeness (QED) is 0.766. The second-order valence-electron chi connectivity index (χ2n) is 5.38. The highest BCUT2D eigenvalue weighted by Crippen LogP contribution is 2.13. The summed E-state index contributed by atoms with van der Waals surface area (Å²) < 4.78 is 25.3. The van der Waals surface area contributed by atoms with Gasteiger partial charge in [0.2, 0.25) is 15.9 Å². The first-order valence-electron chi connectivity index (χ1n) is 6.70. The van der Waals surface area contributed by atoms with Gasteiger partial charge in [0.1, 0.15) is 0 Å². The van der Waals surface area contributed by atoms with Crippen molar-refractivity contribution in [2.45, 2.75) is 32.7 Å². The van der Waals surface area contributed by atoms with Crippen molar-refractivity contribution in [3.8, 4) is 0 Å². The molecule has 1 aliphatic rings. The first-order valence-corrected chi connectivity index (χ1v) is 8.31. The Kier molecular flexibility index (Phi) is 5.34. The molecule has 6 nitrogen and oxygen atoms in total. The summed E-state index contributed by atoms with van der Waals surface area (Å²) in [6, 6.07) is 0. The molecule has 1 N–H and O–H groups in total. The van der Waals surface area contributed by atoms with E-state index in [0.29, 0.717) is 32.6 Å². The molecular weight excluding hydrogens is 266 g/mol. The molecule has 0 unspecified atom stereocenters. The van der Waals surface area contributed by atoms with Gasteiger partial charge in [-0.1, -0.05) is 6.92 Å². The number of likely N-dealkylation sites (N-methyl/N-ethyl adjacent to an activating group) is 1. The zero-order valence-electron chi connectivity index (χ0n) is 12.3. The van der Waals surface area contributed by atoms with Crippen LogP contribution in [0, 0.1) is 0 Å². The molecule has 0 atom stereocenters. The maximum absolute atomic E-state index is 12.2. The molecule has 7 heteroatoms. The first-order chi connectivity index (χ1) is 8.74. The van der Waals surface area contributed by atoms with E-state index in [0.717, 1.165) is 0 Å². The number of sulfonamides is 1. The van der Waals surface area contributed by atoms with E-state index < -0.39 is 15.6 Å². The smallest absolute Gasteiger partial charge is 0.242 e. The van der Waals surface area contributed by atoms with Crippen molar-refractivity contribution in [2.24, 2.45) is 0 Å². The van der Waals surface area contributed by atoms with E-state index in [2.05, 4.69) is 5.32 Å². The van der Waals surface area contributed by atoms with Gasteiger partial charge in [-0.25, -0.2) is 8.42 Å². The third-order valence-corrected chi connectivity index (χ3v) is 5.62. The average molecular weight is 291 g/mol. The number of carbonyl (C=O) groups is 1. The number of hydrogen-bond acceptors (Lipinski definition) is 4. The molecule has 0 spiro atoms. The monoisotopic (exact) mass is 291 g/mol. The minimum absolute atomic E-state index is 0.0162. The van der Waals surface area contributed by atoms with Crippen LogP contribution in [0.25, 0.3) is 0 Å². The number of nitrogens with one attached hydrogen (secondary N) is 1. The highest BCUT2D eigenvalue weighted by Gasteiger charge is 2.34. The number of hydrogen-bond donors (Lipinski definition) is 1. The fourth-order valence-electron chi connectivity index (χ4n) is 2.06. The van der Waals surface area contributed by atoms with Crippen LogP contribution in [0.2, 0.25) is 0 Å². The first kappa shape index (κ1) is 16.4. The molecule has 0 aromatic heterocycles. The van der Waals surface area contributed by atoms with Gasteiger partial charge in [-0.05, 0) is 27.3 Å². The van der Waals surface area contributed by atoms with Crippen molar-refractivity contribution < 1.29 is 13.2 Å². The predicted octanol–water partition coefficient (Wildman–Crippen LogP) is -0.132. The normalized spacial score (nSPS) is 18.6. The molecular formula is C12H25N3O3S. The van der Waals surface area contributed by atoms with Gasteiger partial charge in [0, 0.05) is 26.2 Å². The van der Waals surface area contributed by atoms with Crippen LogP contribution in [0.15, 0.2) is 0 Å². The predicted molar refractivity (Wildman–Crippen MR) is 75.4 cm³/mol. The molecule has 0 bridgehead atoms. The van der Waals surface area contributed by atoms with Gasteiger partial charge in [-0.2, -0.15) is 4.31 Å². The zero-order chi connectivity index (χ0) is 14.7. The lowest BCUT2D eigenvalue weighted by atomic mass is 10.0. The minimum atomic E-state index is -3.14. The Hall–Kier alpha value is -0.660. The fraction of sp³-hybridized carbons (Fsp3) is 0.917. The van der Waals surface area contributed by atoms with Gasteiger partial charge in [-0.3, -0.25) is 4.79 Å². The average Bonchev–Trinajstić information content (AvgIpc) is 2.38. The molecule has 0 radical (unpaired) electrons. The minimum Gasteiger partial charge on any atom is -0.338 e. The molecule has 1 heterocycles. The Balaban J connectivity index is 2.61. The number of carbonyl (C=O) groups excluding carboxylic acids is 1. The molecule has 1 rings (SSSR count). The Morgan fingerprint density at radius 3 is 2.16 bits per heavy atom. The van der Waals surface area contributed by atoms with E-state index in [1.807, 2.05) is 20.8 Å². The van der Waals surface area contributed by atoms with Crippen molar-refractivity contribution in [1.82, 2.24) is 14.5 Å². The lowest BCUT2D eigenvalue weighted by Crippen LogP contribution is -2.58. The molecule has 1 amide bonds. The molecule has 1 fully saturated rings. The maximum atomic E-state index is 12.2. The fourth-order valence-corrected chi connectivity index (χ4v) is 3.55.